The molecule has 0 spiro atoms. The first-order valence-corrected chi connectivity index (χ1v) is 12.7. The highest BCUT2D eigenvalue weighted by Gasteiger charge is 2.32. The number of benzene rings is 1. The Hall–Kier alpha value is -2.13. The van der Waals surface area contributed by atoms with Gasteiger partial charge in [0.25, 0.3) is 5.91 Å². The lowest BCUT2D eigenvalue weighted by atomic mass is 9.86. The number of amides is 2. The first-order valence-electron chi connectivity index (χ1n) is 11.2. The van der Waals surface area contributed by atoms with Crippen LogP contribution in [0.1, 0.15) is 51.9 Å². The number of rotatable bonds is 5. The van der Waals surface area contributed by atoms with E-state index in [-0.39, 0.29) is 35.9 Å². The fraction of sp³-hybridized carbons (Fsp3) is 0.636. The van der Waals surface area contributed by atoms with Crippen molar-refractivity contribution in [3.8, 4) is 5.75 Å². The van der Waals surface area contributed by atoms with E-state index in [0.717, 1.165) is 38.5 Å². The van der Waals surface area contributed by atoms with Crippen LogP contribution in [0.25, 0.3) is 0 Å². The summed E-state index contributed by atoms with van der Waals surface area (Å²) in [6.45, 7) is 2.82. The van der Waals surface area contributed by atoms with Gasteiger partial charge in [0.1, 0.15) is 12.3 Å². The molecule has 2 fully saturated rings. The molecule has 31 heavy (non-hydrogen) atoms. The fourth-order valence-electron chi connectivity index (χ4n) is 4.70. The minimum absolute atomic E-state index is 0.114. The van der Waals surface area contributed by atoms with Crippen molar-refractivity contribution in [3.63, 3.8) is 0 Å². The van der Waals surface area contributed by atoms with Crippen molar-refractivity contribution in [1.82, 2.24) is 9.62 Å². The lowest BCUT2D eigenvalue weighted by molar-refractivity contribution is -0.126. The van der Waals surface area contributed by atoms with Gasteiger partial charge >= 0.3 is 0 Å². The summed E-state index contributed by atoms with van der Waals surface area (Å²) in [4.78, 5) is 26.8. The molecule has 8 nitrogen and oxygen atoms in total. The number of ether oxygens (including phenoxy) is 1. The predicted molar refractivity (Wildman–Crippen MR) is 116 cm³/mol. The van der Waals surface area contributed by atoms with Crippen LogP contribution >= 0.6 is 0 Å². The Morgan fingerprint density at radius 1 is 1.13 bits per heavy atom. The molecular weight excluding hydrogens is 418 g/mol. The molecule has 2 heterocycles. The molecule has 1 N–H and O–H groups in total. The summed E-state index contributed by atoms with van der Waals surface area (Å²) in [6, 6.07) is 4.67. The molecule has 1 aromatic rings. The van der Waals surface area contributed by atoms with Crippen LogP contribution in [0.2, 0.25) is 0 Å². The number of nitrogens with one attached hydrogen (secondary N) is 1. The summed E-state index contributed by atoms with van der Waals surface area (Å²) >= 11 is 0. The first-order chi connectivity index (χ1) is 14.9. The van der Waals surface area contributed by atoms with E-state index in [2.05, 4.69) is 12.2 Å². The highest BCUT2D eigenvalue weighted by Crippen LogP contribution is 2.35. The molecule has 0 bridgehead atoms. The van der Waals surface area contributed by atoms with Crippen molar-refractivity contribution in [1.29, 1.82) is 0 Å². The minimum Gasteiger partial charge on any atom is -0.482 e. The maximum atomic E-state index is 13.1. The molecular formula is C22H31N3O5S. The summed E-state index contributed by atoms with van der Waals surface area (Å²) < 4.78 is 33.2. The van der Waals surface area contributed by atoms with Crippen LogP contribution in [-0.4, -0.2) is 56.8 Å². The van der Waals surface area contributed by atoms with Gasteiger partial charge in [0.15, 0.2) is 6.61 Å². The first kappa shape index (κ1) is 22.1. The third-order valence-electron chi connectivity index (χ3n) is 6.59. The van der Waals surface area contributed by atoms with Gasteiger partial charge in [-0.25, -0.2) is 8.42 Å². The molecule has 170 valence electrons. The Balaban J connectivity index is 1.54. The SMILES string of the molecule is C[C@@H]1CCCC[C@H]1NC(=O)CN1C(=O)COc2ccc(S(=O)(=O)N3CCCCC3)cc21. The predicted octanol–water partition coefficient (Wildman–Crippen LogP) is 2.28. The molecule has 4 rings (SSSR count). The number of carbonyl (C=O) groups is 2. The van der Waals surface area contributed by atoms with Crippen LogP contribution in [0.15, 0.2) is 23.1 Å². The molecule has 1 saturated heterocycles. The van der Waals surface area contributed by atoms with E-state index < -0.39 is 10.0 Å². The lowest BCUT2D eigenvalue weighted by Crippen LogP contribution is -2.49. The van der Waals surface area contributed by atoms with E-state index >= 15 is 0 Å². The second kappa shape index (κ2) is 9.16. The smallest absolute Gasteiger partial charge is 0.265 e. The Morgan fingerprint density at radius 3 is 2.61 bits per heavy atom. The van der Waals surface area contributed by atoms with Crippen molar-refractivity contribution in [2.45, 2.75) is 62.8 Å². The van der Waals surface area contributed by atoms with Gasteiger partial charge in [0.2, 0.25) is 15.9 Å². The Bertz CT molecular complexity index is 942. The van der Waals surface area contributed by atoms with Crippen molar-refractivity contribution in [2.75, 3.05) is 31.1 Å². The van der Waals surface area contributed by atoms with E-state index in [0.29, 0.717) is 30.4 Å². The van der Waals surface area contributed by atoms with Crippen LogP contribution in [0, 0.1) is 5.92 Å². The molecule has 0 unspecified atom stereocenters. The number of anilines is 1. The van der Waals surface area contributed by atoms with Gasteiger partial charge in [-0.2, -0.15) is 4.31 Å². The van der Waals surface area contributed by atoms with Crippen molar-refractivity contribution in [3.05, 3.63) is 18.2 Å². The van der Waals surface area contributed by atoms with E-state index in [1.165, 1.54) is 27.8 Å². The van der Waals surface area contributed by atoms with Crippen molar-refractivity contribution in [2.24, 2.45) is 5.92 Å². The molecule has 0 radical (unpaired) electrons. The molecule has 3 aliphatic rings. The van der Waals surface area contributed by atoms with Gasteiger partial charge in [0, 0.05) is 19.1 Å². The highest BCUT2D eigenvalue weighted by molar-refractivity contribution is 7.89. The Morgan fingerprint density at radius 2 is 1.87 bits per heavy atom. The van der Waals surface area contributed by atoms with Gasteiger partial charge in [-0.3, -0.25) is 14.5 Å². The van der Waals surface area contributed by atoms with Gasteiger partial charge in [0.05, 0.1) is 10.6 Å². The number of hydrogen-bond donors (Lipinski definition) is 1. The summed E-state index contributed by atoms with van der Waals surface area (Å²) in [5.41, 5.74) is 0.334. The monoisotopic (exact) mass is 449 g/mol. The fourth-order valence-corrected chi connectivity index (χ4v) is 6.23. The number of sulfonamides is 1. The normalized spacial score (nSPS) is 24.9. The molecule has 9 heteroatoms. The average molecular weight is 450 g/mol. The van der Waals surface area contributed by atoms with Crippen LogP contribution in [0.5, 0.6) is 5.75 Å². The van der Waals surface area contributed by atoms with Gasteiger partial charge in [-0.1, -0.05) is 26.2 Å². The minimum atomic E-state index is -3.66. The van der Waals surface area contributed by atoms with Crippen molar-refractivity contribution >= 4 is 27.5 Å². The zero-order chi connectivity index (χ0) is 22.0. The zero-order valence-electron chi connectivity index (χ0n) is 18.0. The standard InChI is InChI=1S/C22H31N3O5S/c1-16-7-3-4-8-18(16)23-21(26)14-25-19-13-17(9-10-20(19)30-15-22(25)27)31(28,29)24-11-5-2-6-12-24/h9-10,13,16,18H,2-8,11-12,14-15H2,1H3,(H,23,26)/t16-,18-/m1/s1. The number of carbonyl (C=O) groups excluding carboxylic acids is 2. The van der Waals surface area contributed by atoms with E-state index in [1.807, 2.05) is 0 Å². The van der Waals surface area contributed by atoms with E-state index in [4.69, 9.17) is 4.74 Å². The highest BCUT2D eigenvalue weighted by atomic mass is 32.2. The third kappa shape index (κ3) is 4.72. The number of nitrogens with zero attached hydrogens (tertiary/aromatic N) is 2. The van der Waals surface area contributed by atoms with Crippen LogP contribution in [0.3, 0.4) is 0 Å². The number of hydrogen-bond acceptors (Lipinski definition) is 5. The molecule has 2 atom stereocenters. The number of fused-ring (bicyclic) bond motifs is 1. The summed E-state index contributed by atoms with van der Waals surface area (Å²) in [7, 11) is -3.66. The lowest BCUT2D eigenvalue weighted by Gasteiger charge is -2.32. The maximum Gasteiger partial charge on any atom is 0.265 e. The maximum absolute atomic E-state index is 13.1. The van der Waals surface area contributed by atoms with Crippen LogP contribution < -0.4 is 15.0 Å². The molecule has 2 aliphatic heterocycles. The van der Waals surface area contributed by atoms with Crippen LogP contribution in [0.4, 0.5) is 5.69 Å². The summed E-state index contributed by atoms with van der Waals surface area (Å²) in [6.07, 6.45) is 7.01. The zero-order valence-corrected chi connectivity index (χ0v) is 18.8. The number of piperidine rings is 1. The second-order valence-corrected chi connectivity index (χ2v) is 10.7. The summed E-state index contributed by atoms with van der Waals surface area (Å²) in [5, 5.41) is 3.06. The largest absolute Gasteiger partial charge is 0.482 e. The Labute approximate surface area is 184 Å². The summed E-state index contributed by atoms with van der Waals surface area (Å²) in [5.74, 6) is 0.235. The Kier molecular flexibility index (Phi) is 6.52. The van der Waals surface area contributed by atoms with Gasteiger partial charge < -0.3 is 10.1 Å². The molecule has 1 aliphatic carbocycles. The topological polar surface area (TPSA) is 96.0 Å². The van der Waals surface area contributed by atoms with Gasteiger partial charge in [-0.15, -0.1) is 0 Å². The van der Waals surface area contributed by atoms with Crippen LogP contribution in [-0.2, 0) is 19.6 Å². The second-order valence-electron chi connectivity index (χ2n) is 8.80. The third-order valence-corrected chi connectivity index (χ3v) is 8.48. The van der Waals surface area contributed by atoms with E-state index in [9.17, 15) is 18.0 Å². The molecule has 1 aromatic carbocycles. The molecule has 0 aromatic heterocycles. The average Bonchev–Trinajstić information content (AvgIpc) is 2.77. The van der Waals surface area contributed by atoms with E-state index in [1.54, 1.807) is 6.07 Å². The van der Waals surface area contributed by atoms with Crippen molar-refractivity contribution < 1.29 is 22.7 Å². The molecule has 1 saturated carbocycles. The van der Waals surface area contributed by atoms with Gasteiger partial charge in [-0.05, 0) is 49.8 Å². The molecule has 2 amide bonds. The quantitative estimate of drug-likeness (QED) is 0.744.